The summed E-state index contributed by atoms with van der Waals surface area (Å²) < 4.78 is 5.19. The summed E-state index contributed by atoms with van der Waals surface area (Å²) in [6, 6.07) is 14.3. The van der Waals surface area contributed by atoms with E-state index in [0.717, 1.165) is 11.1 Å². The maximum absolute atomic E-state index is 12.6. The maximum atomic E-state index is 12.6. The maximum Gasteiger partial charge on any atom is 0.341 e. The largest absolute Gasteiger partial charge is 0.462 e. The quantitative estimate of drug-likeness (QED) is 0.345. The van der Waals surface area contributed by atoms with E-state index in [1.807, 2.05) is 29.6 Å². The van der Waals surface area contributed by atoms with E-state index >= 15 is 0 Å². The molecule has 0 saturated carbocycles. The molecular formula is C22H17Cl2NO3S. The first kappa shape index (κ1) is 21.1. The fourth-order valence-corrected chi connectivity index (χ4v) is 3.91. The Hall–Kier alpha value is -2.60. The van der Waals surface area contributed by atoms with Gasteiger partial charge in [-0.05, 0) is 42.3 Å². The van der Waals surface area contributed by atoms with Gasteiger partial charge in [0.2, 0.25) is 5.91 Å². The summed E-state index contributed by atoms with van der Waals surface area (Å²) in [5, 5.41) is 6.13. The van der Waals surface area contributed by atoms with Crippen LogP contribution in [0.5, 0.6) is 0 Å². The van der Waals surface area contributed by atoms with Gasteiger partial charge in [0.15, 0.2) is 0 Å². The van der Waals surface area contributed by atoms with E-state index in [0.29, 0.717) is 26.2 Å². The first-order valence-corrected chi connectivity index (χ1v) is 10.4. The van der Waals surface area contributed by atoms with Crippen molar-refractivity contribution in [2.45, 2.75) is 6.92 Å². The van der Waals surface area contributed by atoms with Crippen molar-refractivity contribution in [1.29, 1.82) is 0 Å². The van der Waals surface area contributed by atoms with Crippen LogP contribution in [0.3, 0.4) is 0 Å². The predicted molar refractivity (Wildman–Crippen MR) is 120 cm³/mol. The van der Waals surface area contributed by atoms with Gasteiger partial charge in [0.05, 0.1) is 6.61 Å². The molecule has 29 heavy (non-hydrogen) atoms. The van der Waals surface area contributed by atoms with Gasteiger partial charge >= 0.3 is 5.97 Å². The number of thiophene rings is 1. The fraction of sp³-hybridized carbons (Fsp3) is 0.0909. The van der Waals surface area contributed by atoms with Crippen molar-refractivity contribution in [3.05, 3.63) is 81.2 Å². The number of ether oxygens (including phenoxy) is 1. The van der Waals surface area contributed by atoms with E-state index in [4.69, 9.17) is 27.9 Å². The second-order valence-corrected chi connectivity index (χ2v) is 7.65. The van der Waals surface area contributed by atoms with Crippen LogP contribution in [0.15, 0.2) is 60.0 Å². The number of amides is 1. The number of hydrogen-bond donors (Lipinski definition) is 1. The van der Waals surface area contributed by atoms with Crippen molar-refractivity contribution in [2.75, 3.05) is 11.9 Å². The Kier molecular flexibility index (Phi) is 7.09. The van der Waals surface area contributed by atoms with Gasteiger partial charge in [-0.25, -0.2) is 4.79 Å². The molecule has 0 spiro atoms. The molecule has 0 radical (unpaired) electrons. The van der Waals surface area contributed by atoms with Crippen LogP contribution in [-0.2, 0) is 9.53 Å². The minimum atomic E-state index is -0.496. The number of nitrogens with one attached hydrogen (secondary N) is 1. The molecule has 0 aliphatic rings. The Bertz CT molecular complexity index is 1060. The number of esters is 1. The van der Waals surface area contributed by atoms with Crippen molar-refractivity contribution in [2.24, 2.45) is 0 Å². The van der Waals surface area contributed by atoms with Crippen LogP contribution >= 0.6 is 34.5 Å². The number of hydrogen-bond acceptors (Lipinski definition) is 4. The molecule has 7 heteroatoms. The molecule has 3 aromatic rings. The van der Waals surface area contributed by atoms with Gasteiger partial charge in [0, 0.05) is 27.1 Å². The smallest absolute Gasteiger partial charge is 0.341 e. The molecule has 0 aliphatic heterocycles. The lowest BCUT2D eigenvalue weighted by molar-refractivity contribution is -0.111. The lowest BCUT2D eigenvalue weighted by atomic mass is 10.0. The topological polar surface area (TPSA) is 55.4 Å². The van der Waals surface area contributed by atoms with Gasteiger partial charge in [0.25, 0.3) is 0 Å². The van der Waals surface area contributed by atoms with Crippen LogP contribution in [-0.4, -0.2) is 18.5 Å². The molecule has 3 rings (SSSR count). The Morgan fingerprint density at radius 1 is 1.10 bits per heavy atom. The molecule has 1 amide bonds. The van der Waals surface area contributed by atoms with Gasteiger partial charge in [-0.1, -0.05) is 53.5 Å². The van der Waals surface area contributed by atoms with Gasteiger partial charge < -0.3 is 10.1 Å². The third kappa shape index (κ3) is 5.26. The summed E-state index contributed by atoms with van der Waals surface area (Å²) in [5.41, 5.74) is 2.53. The van der Waals surface area contributed by atoms with Crippen LogP contribution in [0, 0.1) is 0 Å². The lowest BCUT2D eigenvalue weighted by Crippen LogP contribution is -2.12. The Morgan fingerprint density at radius 3 is 2.52 bits per heavy atom. The third-order valence-electron chi connectivity index (χ3n) is 3.98. The van der Waals surface area contributed by atoms with Gasteiger partial charge in [-0.3, -0.25) is 4.79 Å². The molecule has 148 valence electrons. The number of rotatable bonds is 6. The molecule has 0 fully saturated rings. The zero-order valence-electron chi connectivity index (χ0n) is 15.4. The molecule has 1 N–H and O–H groups in total. The van der Waals surface area contributed by atoms with E-state index in [-0.39, 0.29) is 12.5 Å². The van der Waals surface area contributed by atoms with Gasteiger partial charge in [-0.2, -0.15) is 0 Å². The summed E-state index contributed by atoms with van der Waals surface area (Å²) in [6.07, 6.45) is 2.99. The highest BCUT2D eigenvalue weighted by Gasteiger charge is 2.22. The first-order chi connectivity index (χ1) is 14.0. The molecule has 1 heterocycles. The zero-order valence-corrected chi connectivity index (χ0v) is 17.8. The average molecular weight is 446 g/mol. The number of anilines is 1. The Balaban J connectivity index is 1.88. The van der Waals surface area contributed by atoms with Crippen molar-refractivity contribution >= 4 is 57.5 Å². The minimum absolute atomic E-state index is 0.231. The van der Waals surface area contributed by atoms with Gasteiger partial charge in [-0.15, -0.1) is 11.3 Å². The minimum Gasteiger partial charge on any atom is -0.462 e. The van der Waals surface area contributed by atoms with E-state index in [2.05, 4.69) is 5.32 Å². The molecule has 0 saturated heterocycles. The van der Waals surface area contributed by atoms with Crippen LogP contribution in [0.25, 0.3) is 17.2 Å². The molecule has 1 aromatic heterocycles. The fourth-order valence-electron chi connectivity index (χ4n) is 2.63. The molecular weight excluding hydrogens is 429 g/mol. The summed E-state index contributed by atoms with van der Waals surface area (Å²) in [6.45, 7) is 1.96. The second-order valence-electron chi connectivity index (χ2n) is 5.92. The summed E-state index contributed by atoms with van der Waals surface area (Å²) >= 11 is 13.3. The summed E-state index contributed by atoms with van der Waals surface area (Å²) in [7, 11) is 0. The highest BCUT2D eigenvalue weighted by Crippen LogP contribution is 2.36. The van der Waals surface area contributed by atoms with Crippen LogP contribution < -0.4 is 5.32 Å². The number of halogens is 2. The van der Waals surface area contributed by atoms with Crippen LogP contribution in [0.2, 0.25) is 10.0 Å². The molecule has 0 atom stereocenters. The summed E-state index contributed by atoms with van der Waals surface area (Å²) in [5.74, 6) is -0.871. The molecule has 2 aromatic carbocycles. The monoisotopic (exact) mass is 445 g/mol. The van der Waals surface area contributed by atoms with Crippen molar-refractivity contribution in [3.63, 3.8) is 0 Å². The van der Waals surface area contributed by atoms with Crippen LogP contribution in [0.1, 0.15) is 22.8 Å². The van der Waals surface area contributed by atoms with Crippen molar-refractivity contribution in [1.82, 2.24) is 0 Å². The highest BCUT2D eigenvalue weighted by atomic mass is 35.5. The average Bonchev–Trinajstić information content (AvgIpc) is 3.11. The normalized spacial score (nSPS) is 10.9. The third-order valence-corrected chi connectivity index (χ3v) is 5.47. The Morgan fingerprint density at radius 2 is 1.83 bits per heavy atom. The van der Waals surface area contributed by atoms with E-state index in [1.54, 1.807) is 37.3 Å². The number of carbonyl (C=O) groups is 2. The SMILES string of the molecule is CCOC(=O)c1c(-c2ccc(Cl)cc2)csc1NC(=O)C=Cc1ccccc1Cl. The van der Waals surface area contributed by atoms with Crippen molar-refractivity contribution < 1.29 is 14.3 Å². The zero-order chi connectivity index (χ0) is 20.8. The second kappa shape index (κ2) is 9.74. The number of benzene rings is 2. The van der Waals surface area contributed by atoms with E-state index in [9.17, 15) is 9.59 Å². The van der Waals surface area contributed by atoms with Crippen molar-refractivity contribution in [3.8, 4) is 11.1 Å². The molecule has 0 bridgehead atoms. The van der Waals surface area contributed by atoms with E-state index in [1.165, 1.54) is 17.4 Å². The highest BCUT2D eigenvalue weighted by molar-refractivity contribution is 7.15. The van der Waals surface area contributed by atoms with Crippen LogP contribution in [0.4, 0.5) is 5.00 Å². The molecule has 4 nitrogen and oxygen atoms in total. The standard InChI is InChI=1S/C22H17Cl2NO3S/c1-2-28-22(27)20-17(14-7-10-16(23)11-8-14)13-29-21(20)25-19(26)12-9-15-5-3-4-6-18(15)24/h3-13H,2H2,1H3,(H,25,26). The number of carbonyl (C=O) groups excluding carboxylic acids is 2. The summed E-state index contributed by atoms with van der Waals surface area (Å²) in [4.78, 5) is 25.0. The Labute approximate surface area is 182 Å². The first-order valence-electron chi connectivity index (χ1n) is 8.77. The predicted octanol–water partition coefficient (Wildman–Crippen LogP) is 6.55. The molecule has 0 aliphatic carbocycles. The lowest BCUT2D eigenvalue weighted by Gasteiger charge is -2.08. The van der Waals surface area contributed by atoms with Gasteiger partial charge in [0.1, 0.15) is 10.6 Å². The van der Waals surface area contributed by atoms with E-state index < -0.39 is 5.97 Å². The molecule has 0 unspecified atom stereocenters.